The Morgan fingerprint density at radius 3 is 2.02 bits per heavy atom. The SMILES string of the molecule is Cc1cc(C)c(C(=O)COc2cccnc2)c(C)c1.Cc1ccc(OCC(=O)C(C)(C)c2ccc(Cl)cc2)cn1. The Morgan fingerprint density at radius 2 is 1.45 bits per heavy atom. The maximum Gasteiger partial charge on any atom is 0.200 e. The molecule has 0 N–H and O–H groups in total. The first kappa shape index (κ1) is 30.5. The van der Waals surface area contributed by atoms with Gasteiger partial charge in [-0.1, -0.05) is 41.4 Å². The van der Waals surface area contributed by atoms with Crippen molar-refractivity contribution >= 4 is 23.2 Å². The average Bonchev–Trinajstić information content (AvgIpc) is 2.92. The Bertz CT molecular complexity index is 1410. The molecule has 0 atom stereocenters. The summed E-state index contributed by atoms with van der Waals surface area (Å²) in [6, 6.07) is 18.6. The molecule has 0 saturated carbocycles. The van der Waals surface area contributed by atoms with Crippen molar-refractivity contribution in [3.63, 3.8) is 0 Å². The molecule has 6 nitrogen and oxygen atoms in total. The van der Waals surface area contributed by atoms with E-state index >= 15 is 0 Å². The van der Waals surface area contributed by atoms with Crippen LogP contribution in [0.4, 0.5) is 0 Å². The van der Waals surface area contributed by atoms with Crippen molar-refractivity contribution in [2.45, 2.75) is 47.0 Å². The summed E-state index contributed by atoms with van der Waals surface area (Å²) in [5, 5.41) is 0.656. The molecule has 40 heavy (non-hydrogen) atoms. The van der Waals surface area contributed by atoms with E-state index in [1.807, 2.05) is 77.9 Å². The zero-order chi connectivity index (χ0) is 29.3. The van der Waals surface area contributed by atoms with Gasteiger partial charge in [0.1, 0.15) is 18.1 Å². The smallest absolute Gasteiger partial charge is 0.200 e. The van der Waals surface area contributed by atoms with Crippen LogP contribution in [0, 0.1) is 27.7 Å². The van der Waals surface area contributed by atoms with Gasteiger partial charge in [-0.15, -0.1) is 0 Å². The van der Waals surface area contributed by atoms with Gasteiger partial charge in [0, 0.05) is 22.5 Å². The van der Waals surface area contributed by atoms with Gasteiger partial charge in [0.15, 0.2) is 12.4 Å². The van der Waals surface area contributed by atoms with Crippen LogP contribution in [0.2, 0.25) is 5.02 Å². The Hall–Kier alpha value is -4.03. The molecule has 2 aromatic carbocycles. The molecule has 0 spiro atoms. The number of hydrogen-bond acceptors (Lipinski definition) is 6. The molecule has 0 unspecified atom stereocenters. The highest BCUT2D eigenvalue weighted by molar-refractivity contribution is 6.30. The molecule has 0 aliphatic heterocycles. The summed E-state index contributed by atoms with van der Waals surface area (Å²) in [5.41, 5.74) is 5.13. The lowest BCUT2D eigenvalue weighted by molar-refractivity contribution is -0.125. The van der Waals surface area contributed by atoms with E-state index in [1.165, 1.54) is 5.56 Å². The van der Waals surface area contributed by atoms with Gasteiger partial charge < -0.3 is 9.47 Å². The van der Waals surface area contributed by atoms with Gasteiger partial charge in [0.25, 0.3) is 0 Å². The first-order valence-corrected chi connectivity index (χ1v) is 13.3. The van der Waals surface area contributed by atoms with Gasteiger partial charge in [0.05, 0.1) is 17.8 Å². The van der Waals surface area contributed by atoms with E-state index in [2.05, 4.69) is 9.97 Å². The van der Waals surface area contributed by atoms with Crippen LogP contribution in [0.1, 0.15) is 52.2 Å². The minimum absolute atomic E-state index is 0.00106. The number of rotatable bonds is 9. The third-order valence-electron chi connectivity index (χ3n) is 6.48. The highest BCUT2D eigenvalue weighted by Crippen LogP contribution is 2.26. The van der Waals surface area contributed by atoms with Gasteiger partial charge in [-0.2, -0.15) is 0 Å². The molecule has 0 radical (unpaired) electrons. The van der Waals surface area contributed by atoms with E-state index in [9.17, 15) is 9.59 Å². The minimum Gasteiger partial charge on any atom is -0.484 e. The summed E-state index contributed by atoms with van der Waals surface area (Å²) in [4.78, 5) is 32.7. The molecule has 4 aromatic rings. The number of hydrogen-bond donors (Lipinski definition) is 0. The topological polar surface area (TPSA) is 78.4 Å². The predicted octanol–water partition coefficient (Wildman–Crippen LogP) is 7.24. The standard InChI is InChI=1S/C17H18ClNO2.C16H17NO2/c1-12-4-9-15(10-19-12)21-11-16(20)17(2,3)13-5-7-14(18)8-6-13;1-11-7-12(2)16(13(3)8-11)15(18)10-19-14-5-4-6-17-9-14/h4-10H,11H2,1-3H3;4-9H,10H2,1-3H3. The molecule has 0 bridgehead atoms. The summed E-state index contributed by atoms with van der Waals surface area (Å²) in [6.45, 7) is 11.7. The lowest BCUT2D eigenvalue weighted by atomic mass is 9.81. The molecule has 208 valence electrons. The van der Waals surface area contributed by atoms with E-state index in [0.717, 1.165) is 27.9 Å². The molecule has 0 amide bonds. The Morgan fingerprint density at radius 1 is 0.825 bits per heavy atom. The molecular weight excluding hydrogens is 524 g/mol. The molecule has 4 rings (SSSR count). The van der Waals surface area contributed by atoms with Crippen LogP contribution < -0.4 is 9.47 Å². The van der Waals surface area contributed by atoms with Crippen LogP contribution in [-0.2, 0) is 10.2 Å². The Kier molecular flexibility index (Phi) is 10.6. The number of pyridine rings is 2. The number of carbonyl (C=O) groups excluding carboxylic acids is 2. The second kappa shape index (κ2) is 13.9. The van der Waals surface area contributed by atoms with E-state index in [4.69, 9.17) is 21.1 Å². The maximum atomic E-state index is 12.4. The zero-order valence-corrected chi connectivity index (χ0v) is 24.6. The number of benzene rings is 2. The number of Topliss-reactive ketones (excluding diaryl/α,β-unsaturated/α-hetero) is 2. The molecular formula is C33H35ClN2O4. The lowest BCUT2D eigenvalue weighted by Crippen LogP contribution is -2.33. The fourth-order valence-corrected chi connectivity index (χ4v) is 4.30. The second-order valence-electron chi connectivity index (χ2n) is 10.2. The first-order chi connectivity index (χ1) is 19.0. The predicted molar refractivity (Wildman–Crippen MR) is 159 cm³/mol. The van der Waals surface area contributed by atoms with Crippen molar-refractivity contribution < 1.29 is 19.1 Å². The first-order valence-electron chi connectivity index (χ1n) is 13.0. The van der Waals surface area contributed by atoms with E-state index < -0.39 is 5.41 Å². The molecule has 0 saturated heterocycles. The fraction of sp³-hybridized carbons (Fsp3) is 0.273. The molecule has 0 fully saturated rings. The number of ketones is 2. The number of nitrogens with zero attached hydrogens (tertiary/aromatic N) is 2. The van der Waals surface area contributed by atoms with Crippen LogP contribution >= 0.6 is 11.6 Å². The van der Waals surface area contributed by atoms with Crippen molar-refractivity contribution in [3.05, 3.63) is 118 Å². The van der Waals surface area contributed by atoms with E-state index in [0.29, 0.717) is 16.5 Å². The van der Waals surface area contributed by atoms with Crippen molar-refractivity contribution in [1.82, 2.24) is 9.97 Å². The highest BCUT2D eigenvalue weighted by atomic mass is 35.5. The maximum absolute atomic E-state index is 12.4. The molecule has 2 heterocycles. The summed E-state index contributed by atoms with van der Waals surface area (Å²) in [7, 11) is 0. The van der Waals surface area contributed by atoms with Crippen molar-refractivity contribution in [2.24, 2.45) is 0 Å². The fourth-order valence-electron chi connectivity index (χ4n) is 4.17. The lowest BCUT2D eigenvalue weighted by Gasteiger charge is -2.23. The number of aromatic nitrogens is 2. The number of ether oxygens (including phenoxy) is 2. The van der Waals surface area contributed by atoms with Gasteiger partial charge in [0.2, 0.25) is 5.78 Å². The number of aryl methyl sites for hydroxylation is 4. The van der Waals surface area contributed by atoms with Crippen LogP contribution in [0.5, 0.6) is 11.5 Å². The summed E-state index contributed by atoms with van der Waals surface area (Å²) in [5.74, 6) is 1.21. The van der Waals surface area contributed by atoms with Gasteiger partial charge in [-0.05, 0) is 94.6 Å². The Balaban J connectivity index is 0.000000222. The van der Waals surface area contributed by atoms with Crippen LogP contribution in [-0.4, -0.2) is 34.7 Å². The molecule has 0 aliphatic carbocycles. The third-order valence-corrected chi connectivity index (χ3v) is 6.73. The van der Waals surface area contributed by atoms with Crippen LogP contribution in [0.15, 0.2) is 79.3 Å². The zero-order valence-electron chi connectivity index (χ0n) is 23.8. The van der Waals surface area contributed by atoms with Gasteiger partial charge in [-0.3, -0.25) is 19.6 Å². The minimum atomic E-state index is -0.622. The third kappa shape index (κ3) is 8.48. The quantitative estimate of drug-likeness (QED) is 0.201. The number of halogens is 1. The van der Waals surface area contributed by atoms with Crippen molar-refractivity contribution in [1.29, 1.82) is 0 Å². The van der Waals surface area contributed by atoms with Crippen LogP contribution in [0.25, 0.3) is 0 Å². The van der Waals surface area contributed by atoms with Crippen LogP contribution in [0.3, 0.4) is 0 Å². The van der Waals surface area contributed by atoms with Gasteiger partial charge >= 0.3 is 0 Å². The van der Waals surface area contributed by atoms with Gasteiger partial charge in [-0.25, -0.2) is 0 Å². The largest absolute Gasteiger partial charge is 0.484 e. The van der Waals surface area contributed by atoms with E-state index in [-0.39, 0.29) is 24.8 Å². The highest BCUT2D eigenvalue weighted by Gasteiger charge is 2.29. The summed E-state index contributed by atoms with van der Waals surface area (Å²) < 4.78 is 11.0. The second-order valence-corrected chi connectivity index (χ2v) is 10.6. The monoisotopic (exact) mass is 558 g/mol. The average molecular weight is 559 g/mol. The molecule has 2 aromatic heterocycles. The van der Waals surface area contributed by atoms with Crippen molar-refractivity contribution in [2.75, 3.05) is 13.2 Å². The van der Waals surface area contributed by atoms with Crippen molar-refractivity contribution in [3.8, 4) is 11.5 Å². The normalized spacial score (nSPS) is 10.8. The molecule has 0 aliphatic rings. The van der Waals surface area contributed by atoms with E-state index in [1.54, 1.807) is 42.9 Å². The summed E-state index contributed by atoms with van der Waals surface area (Å²) in [6.07, 6.45) is 4.89. The summed E-state index contributed by atoms with van der Waals surface area (Å²) >= 11 is 5.88. The number of carbonyl (C=O) groups is 2. The Labute approximate surface area is 241 Å². The molecule has 7 heteroatoms.